The number of nitrogens with one attached hydrogen (secondary N) is 2. The van der Waals surface area contributed by atoms with Crippen LogP contribution in [0.1, 0.15) is 46.2 Å². The highest BCUT2D eigenvalue weighted by Gasteiger charge is 2.27. The van der Waals surface area contributed by atoms with Crippen LogP contribution in [-0.2, 0) is 0 Å². The first-order valence-electron chi connectivity index (χ1n) is 6.29. The van der Waals surface area contributed by atoms with Crippen LogP contribution in [0.15, 0.2) is 24.4 Å². The molecule has 0 atom stereocenters. The van der Waals surface area contributed by atoms with Gasteiger partial charge in [-0.2, -0.15) is 0 Å². The molecule has 5 nitrogen and oxygen atoms in total. The maximum Gasteiger partial charge on any atom is 0.259 e. The van der Waals surface area contributed by atoms with Crippen molar-refractivity contribution in [2.45, 2.75) is 19.8 Å². The van der Waals surface area contributed by atoms with Gasteiger partial charge in [0.1, 0.15) is 0 Å². The zero-order valence-corrected chi connectivity index (χ0v) is 11.9. The summed E-state index contributed by atoms with van der Waals surface area (Å²) in [4.78, 5) is 26.3. The minimum atomic E-state index is -0.361. The number of imidazole rings is 1. The van der Waals surface area contributed by atoms with Crippen molar-refractivity contribution in [3.8, 4) is 5.69 Å². The molecular weight excluding hydrogens is 274 g/mol. The molecule has 2 aromatic rings. The molecule has 1 aromatic carbocycles. The van der Waals surface area contributed by atoms with E-state index < -0.39 is 0 Å². The number of benzene rings is 1. The number of fused-ring (bicyclic) bond motifs is 1. The zero-order chi connectivity index (χ0) is 14.4. The molecule has 0 aliphatic carbocycles. The van der Waals surface area contributed by atoms with Crippen LogP contribution in [0.2, 0.25) is 0 Å². The van der Waals surface area contributed by atoms with Gasteiger partial charge in [-0.3, -0.25) is 19.5 Å². The highest BCUT2D eigenvalue weighted by atomic mass is 32.1. The molecular formula is C14H13N3O2S. The van der Waals surface area contributed by atoms with Crippen LogP contribution in [0.4, 0.5) is 0 Å². The molecule has 3 rings (SSSR count). The molecule has 2 heterocycles. The average molecular weight is 287 g/mol. The summed E-state index contributed by atoms with van der Waals surface area (Å²) in [6, 6.07) is 5.15. The number of imide groups is 1. The maximum atomic E-state index is 11.7. The number of hydrogen-bond acceptors (Lipinski definition) is 3. The quantitative estimate of drug-likeness (QED) is 0.659. The Morgan fingerprint density at radius 3 is 2.55 bits per heavy atom. The van der Waals surface area contributed by atoms with Gasteiger partial charge >= 0.3 is 0 Å². The van der Waals surface area contributed by atoms with Crippen molar-refractivity contribution >= 4 is 24.0 Å². The number of carbonyl (C=O) groups excluding carboxylic acids is 2. The van der Waals surface area contributed by atoms with E-state index in [0.29, 0.717) is 15.9 Å². The SMILES string of the molecule is CC(C)c1c[nH]c(=S)n1-c1ccc2c(c1)C(=O)NC2=O. The third kappa shape index (κ3) is 1.80. The predicted molar refractivity (Wildman–Crippen MR) is 76.8 cm³/mol. The third-order valence-corrected chi connectivity index (χ3v) is 3.67. The van der Waals surface area contributed by atoms with Crippen molar-refractivity contribution in [2.24, 2.45) is 0 Å². The number of aromatic nitrogens is 2. The van der Waals surface area contributed by atoms with Crippen molar-refractivity contribution in [2.75, 3.05) is 0 Å². The summed E-state index contributed by atoms with van der Waals surface area (Å²) in [5, 5.41) is 2.29. The Kier molecular flexibility index (Phi) is 2.83. The van der Waals surface area contributed by atoms with Gasteiger partial charge in [-0.1, -0.05) is 13.8 Å². The minimum absolute atomic E-state index is 0.284. The van der Waals surface area contributed by atoms with Crippen LogP contribution >= 0.6 is 12.2 Å². The average Bonchev–Trinajstić information content (AvgIpc) is 2.91. The van der Waals surface area contributed by atoms with Gasteiger partial charge in [-0.25, -0.2) is 0 Å². The Morgan fingerprint density at radius 2 is 1.85 bits per heavy atom. The Morgan fingerprint density at radius 1 is 1.15 bits per heavy atom. The molecule has 0 spiro atoms. The fourth-order valence-electron chi connectivity index (χ4n) is 2.37. The molecule has 0 fully saturated rings. The van der Waals surface area contributed by atoms with Crippen LogP contribution in [0.5, 0.6) is 0 Å². The molecule has 2 N–H and O–H groups in total. The lowest BCUT2D eigenvalue weighted by molar-refractivity contribution is 0.0879. The van der Waals surface area contributed by atoms with E-state index in [1.807, 2.05) is 10.8 Å². The Bertz CT molecular complexity index is 786. The standard InChI is InChI=1S/C14H13N3O2S/c1-7(2)11-6-15-14(20)17(11)8-3-4-9-10(5-8)13(19)16-12(9)18/h3-7H,1-2H3,(H,15,20)(H,16,18,19). The smallest absolute Gasteiger partial charge is 0.259 e. The topological polar surface area (TPSA) is 66.9 Å². The Balaban J connectivity index is 2.21. The van der Waals surface area contributed by atoms with Gasteiger partial charge in [0.05, 0.1) is 11.1 Å². The lowest BCUT2D eigenvalue weighted by atomic mass is 10.1. The van der Waals surface area contributed by atoms with Gasteiger partial charge in [0.15, 0.2) is 4.77 Å². The summed E-state index contributed by atoms with van der Waals surface area (Å²) in [6.45, 7) is 4.14. The largest absolute Gasteiger partial charge is 0.337 e. The molecule has 0 unspecified atom stereocenters. The molecule has 102 valence electrons. The number of carbonyl (C=O) groups is 2. The lowest BCUT2D eigenvalue weighted by Crippen LogP contribution is -2.19. The minimum Gasteiger partial charge on any atom is -0.337 e. The highest BCUT2D eigenvalue weighted by Crippen LogP contribution is 2.24. The molecule has 6 heteroatoms. The fourth-order valence-corrected chi connectivity index (χ4v) is 2.64. The summed E-state index contributed by atoms with van der Waals surface area (Å²) in [7, 11) is 0. The molecule has 0 saturated heterocycles. The Hall–Kier alpha value is -2.21. The number of rotatable bonds is 2. The molecule has 1 aromatic heterocycles. The lowest BCUT2D eigenvalue weighted by Gasteiger charge is -2.11. The number of H-pyrrole nitrogens is 1. The van der Waals surface area contributed by atoms with Crippen molar-refractivity contribution in [3.63, 3.8) is 0 Å². The van der Waals surface area contributed by atoms with E-state index in [1.54, 1.807) is 18.2 Å². The second kappa shape index (κ2) is 4.42. The number of amides is 2. The van der Waals surface area contributed by atoms with E-state index in [4.69, 9.17) is 12.2 Å². The van der Waals surface area contributed by atoms with E-state index in [-0.39, 0.29) is 17.7 Å². The van der Waals surface area contributed by atoms with E-state index in [2.05, 4.69) is 24.1 Å². The van der Waals surface area contributed by atoms with Gasteiger partial charge in [0, 0.05) is 17.6 Å². The van der Waals surface area contributed by atoms with Gasteiger partial charge in [-0.05, 0) is 36.3 Å². The summed E-state index contributed by atoms with van der Waals surface area (Å²) in [6.07, 6.45) is 1.87. The first-order chi connectivity index (χ1) is 9.49. The first-order valence-corrected chi connectivity index (χ1v) is 6.70. The van der Waals surface area contributed by atoms with E-state index in [1.165, 1.54) is 0 Å². The van der Waals surface area contributed by atoms with Crippen LogP contribution in [0.25, 0.3) is 5.69 Å². The predicted octanol–water partition coefficient (Wildman–Crippen LogP) is 2.54. The van der Waals surface area contributed by atoms with Crippen molar-refractivity contribution in [1.82, 2.24) is 14.9 Å². The molecule has 2 amide bonds. The van der Waals surface area contributed by atoms with Gasteiger partial charge in [-0.15, -0.1) is 0 Å². The van der Waals surface area contributed by atoms with Crippen molar-refractivity contribution in [1.29, 1.82) is 0 Å². The molecule has 0 bridgehead atoms. The van der Waals surface area contributed by atoms with E-state index >= 15 is 0 Å². The zero-order valence-electron chi connectivity index (χ0n) is 11.1. The third-order valence-electron chi connectivity index (χ3n) is 3.37. The second-order valence-electron chi connectivity index (χ2n) is 5.02. The maximum absolute atomic E-state index is 11.7. The first kappa shape index (κ1) is 12.8. The summed E-state index contributed by atoms with van der Waals surface area (Å²) < 4.78 is 2.45. The van der Waals surface area contributed by atoms with Gasteiger partial charge < -0.3 is 4.98 Å². The van der Waals surface area contributed by atoms with E-state index in [0.717, 1.165) is 11.4 Å². The second-order valence-corrected chi connectivity index (χ2v) is 5.41. The molecule has 0 saturated carbocycles. The van der Waals surface area contributed by atoms with Gasteiger partial charge in [0.2, 0.25) is 0 Å². The monoisotopic (exact) mass is 287 g/mol. The summed E-state index contributed by atoms with van der Waals surface area (Å²) >= 11 is 5.29. The Labute approximate surface area is 120 Å². The highest BCUT2D eigenvalue weighted by molar-refractivity contribution is 7.71. The molecule has 20 heavy (non-hydrogen) atoms. The number of nitrogens with zero attached hydrogens (tertiary/aromatic N) is 1. The van der Waals surface area contributed by atoms with Crippen LogP contribution in [0, 0.1) is 4.77 Å². The summed E-state index contributed by atoms with van der Waals surface area (Å²) in [5.41, 5.74) is 2.61. The molecule has 1 aliphatic rings. The van der Waals surface area contributed by atoms with E-state index in [9.17, 15) is 9.59 Å². The van der Waals surface area contributed by atoms with Crippen molar-refractivity contribution < 1.29 is 9.59 Å². The van der Waals surface area contributed by atoms with Crippen LogP contribution < -0.4 is 5.32 Å². The van der Waals surface area contributed by atoms with Crippen LogP contribution in [0.3, 0.4) is 0 Å². The van der Waals surface area contributed by atoms with Crippen LogP contribution in [-0.4, -0.2) is 21.4 Å². The van der Waals surface area contributed by atoms with Gasteiger partial charge in [0.25, 0.3) is 11.8 Å². The summed E-state index contributed by atoms with van der Waals surface area (Å²) in [5.74, 6) is -0.426. The number of hydrogen-bond donors (Lipinski definition) is 2. The van der Waals surface area contributed by atoms with Crippen molar-refractivity contribution in [3.05, 3.63) is 46.0 Å². The normalized spacial score (nSPS) is 13.8. The fraction of sp³-hybridized carbons (Fsp3) is 0.214. The molecule has 1 aliphatic heterocycles. The molecule has 0 radical (unpaired) electrons. The number of aromatic amines is 1.